The number of hydrogen-bond donors (Lipinski definition) is 0. The quantitative estimate of drug-likeness (QED) is 0.753. The van der Waals surface area contributed by atoms with Gasteiger partial charge in [0.2, 0.25) is 0 Å². The highest BCUT2D eigenvalue weighted by atomic mass is 35.5. The van der Waals surface area contributed by atoms with Crippen molar-refractivity contribution in [2.75, 3.05) is 0 Å². The zero-order chi connectivity index (χ0) is 14.0. The number of carbonyl (C=O) groups excluding carboxylic acids is 1. The normalized spacial score (nSPS) is 10.5. The molecule has 1 nitrogen and oxygen atoms in total. The molecule has 2 rings (SSSR count). The van der Waals surface area contributed by atoms with E-state index in [1.165, 1.54) is 0 Å². The number of aryl methyl sites for hydroxylation is 2. The average Bonchev–Trinajstić information content (AvgIpc) is 2.38. The van der Waals surface area contributed by atoms with Crippen LogP contribution in [0.4, 0.5) is 4.39 Å². The Morgan fingerprint density at radius 2 is 1.74 bits per heavy atom. The number of halogens is 2. The molecule has 0 aliphatic rings. The topological polar surface area (TPSA) is 17.1 Å². The summed E-state index contributed by atoms with van der Waals surface area (Å²) in [5.74, 6) is -0.311. The molecule has 2 aromatic rings. The van der Waals surface area contributed by atoms with Crippen molar-refractivity contribution in [2.45, 2.75) is 20.3 Å². The first-order valence-electron chi connectivity index (χ1n) is 6.02. The Labute approximate surface area is 117 Å². The Balaban J connectivity index is 2.28. The van der Waals surface area contributed by atoms with Gasteiger partial charge in [0, 0.05) is 17.0 Å². The van der Waals surface area contributed by atoms with Gasteiger partial charge in [-0.1, -0.05) is 29.8 Å². The van der Waals surface area contributed by atoms with Crippen LogP contribution < -0.4 is 0 Å². The lowest BCUT2D eigenvalue weighted by atomic mass is 9.99. The standard InChI is InChI=1S/C16H14ClFO/c1-10-7-13(8-11(2)16(10)18)15(19)9-12-5-3-4-6-14(12)17/h3-8H,9H2,1-2H3. The molecule has 2 aromatic carbocycles. The number of ketones is 1. The first-order valence-corrected chi connectivity index (χ1v) is 6.40. The molecule has 0 unspecified atom stereocenters. The van der Waals surface area contributed by atoms with Crippen molar-refractivity contribution in [1.29, 1.82) is 0 Å². The summed E-state index contributed by atoms with van der Waals surface area (Å²) in [5, 5.41) is 0.575. The molecule has 0 heterocycles. The summed E-state index contributed by atoms with van der Waals surface area (Å²) in [6.45, 7) is 3.32. The molecule has 3 heteroatoms. The minimum absolute atomic E-state index is 0.0562. The Hall–Kier alpha value is -1.67. The highest BCUT2D eigenvalue weighted by Gasteiger charge is 2.12. The second-order valence-electron chi connectivity index (χ2n) is 4.62. The molecule has 0 saturated carbocycles. The third kappa shape index (κ3) is 3.02. The minimum atomic E-state index is -0.255. The van der Waals surface area contributed by atoms with E-state index in [0.717, 1.165) is 5.56 Å². The molecular weight excluding hydrogens is 263 g/mol. The highest BCUT2D eigenvalue weighted by molar-refractivity contribution is 6.31. The molecule has 19 heavy (non-hydrogen) atoms. The summed E-state index contributed by atoms with van der Waals surface area (Å²) in [7, 11) is 0. The molecule has 0 saturated heterocycles. The SMILES string of the molecule is Cc1cc(C(=O)Cc2ccccc2Cl)cc(C)c1F. The fourth-order valence-corrected chi connectivity index (χ4v) is 2.23. The van der Waals surface area contributed by atoms with Gasteiger partial charge in [-0.3, -0.25) is 4.79 Å². The second kappa shape index (κ2) is 5.54. The lowest BCUT2D eigenvalue weighted by Crippen LogP contribution is -2.06. The fraction of sp³-hybridized carbons (Fsp3) is 0.188. The van der Waals surface area contributed by atoms with Gasteiger partial charge in [-0.05, 0) is 48.7 Å². The zero-order valence-electron chi connectivity index (χ0n) is 10.8. The van der Waals surface area contributed by atoms with Gasteiger partial charge in [0.05, 0.1) is 0 Å². The van der Waals surface area contributed by atoms with E-state index in [0.29, 0.717) is 21.7 Å². The third-order valence-electron chi connectivity index (χ3n) is 3.07. The van der Waals surface area contributed by atoms with E-state index in [1.54, 1.807) is 32.0 Å². The smallest absolute Gasteiger partial charge is 0.167 e. The van der Waals surface area contributed by atoms with Crippen LogP contribution in [-0.4, -0.2) is 5.78 Å². The van der Waals surface area contributed by atoms with Crippen molar-refractivity contribution in [1.82, 2.24) is 0 Å². The van der Waals surface area contributed by atoms with Crippen LogP contribution in [0.25, 0.3) is 0 Å². The molecule has 0 fully saturated rings. The van der Waals surface area contributed by atoms with Gasteiger partial charge < -0.3 is 0 Å². The molecule has 0 amide bonds. The van der Waals surface area contributed by atoms with Crippen LogP contribution in [-0.2, 0) is 6.42 Å². The molecule has 0 bridgehead atoms. The van der Waals surface area contributed by atoms with Gasteiger partial charge in [-0.2, -0.15) is 0 Å². The first kappa shape index (κ1) is 13.8. The first-order chi connectivity index (χ1) is 8.99. The molecule has 0 N–H and O–H groups in total. The molecule has 0 aliphatic heterocycles. The Kier molecular flexibility index (Phi) is 4.01. The molecule has 98 valence electrons. The molecule has 0 radical (unpaired) electrons. The van der Waals surface area contributed by atoms with Crippen LogP contribution in [0.1, 0.15) is 27.0 Å². The largest absolute Gasteiger partial charge is 0.294 e. The summed E-state index contributed by atoms with van der Waals surface area (Å²) < 4.78 is 13.5. The Morgan fingerprint density at radius 1 is 1.16 bits per heavy atom. The maximum Gasteiger partial charge on any atom is 0.167 e. The van der Waals surface area contributed by atoms with E-state index >= 15 is 0 Å². The van der Waals surface area contributed by atoms with Crippen LogP contribution in [0.3, 0.4) is 0 Å². The van der Waals surface area contributed by atoms with Gasteiger partial charge in [-0.15, -0.1) is 0 Å². The summed E-state index contributed by atoms with van der Waals surface area (Å²) in [5.41, 5.74) is 2.29. The second-order valence-corrected chi connectivity index (χ2v) is 5.02. The lowest BCUT2D eigenvalue weighted by molar-refractivity contribution is 0.0992. The predicted octanol–water partition coefficient (Wildman–Crippen LogP) is 4.52. The monoisotopic (exact) mass is 276 g/mol. The van der Waals surface area contributed by atoms with Crippen LogP contribution >= 0.6 is 11.6 Å². The number of Topliss-reactive ketones (excluding diaryl/α,β-unsaturated/α-hetero) is 1. The lowest BCUT2D eigenvalue weighted by Gasteiger charge is -2.07. The average molecular weight is 277 g/mol. The van der Waals surface area contributed by atoms with Crippen LogP contribution in [0.5, 0.6) is 0 Å². The number of carbonyl (C=O) groups is 1. The van der Waals surface area contributed by atoms with Crippen molar-refractivity contribution in [3.8, 4) is 0 Å². The van der Waals surface area contributed by atoms with Crippen molar-refractivity contribution in [2.24, 2.45) is 0 Å². The molecule has 0 spiro atoms. The van der Waals surface area contributed by atoms with Gasteiger partial charge in [-0.25, -0.2) is 4.39 Å². The van der Waals surface area contributed by atoms with E-state index in [9.17, 15) is 9.18 Å². The number of rotatable bonds is 3. The maximum absolute atomic E-state index is 13.5. The van der Waals surface area contributed by atoms with Gasteiger partial charge in [0.15, 0.2) is 5.78 Å². The van der Waals surface area contributed by atoms with Crippen LogP contribution in [0, 0.1) is 19.7 Å². The fourth-order valence-electron chi connectivity index (χ4n) is 2.02. The third-order valence-corrected chi connectivity index (χ3v) is 3.44. The van der Waals surface area contributed by atoms with E-state index in [2.05, 4.69) is 0 Å². The van der Waals surface area contributed by atoms with Gasteiger partial charge >= 0.3 is 0 Å². The van der Waals surface area contributed by atoms with Crippen molar-refractivity contribution in [3.05, 3.63) is 69.5 Å². The summed E-state index contributed by atoms with van der Waals surface area (Å²) in [6, 6.07) is 10.4. The van der Waals surface area contributed by atoms with Crippen molar-refractivity contribution >= 4 is 17.4 Å². The summed E-state index contributed by atoms with van der Waals surface area (Å²) >= 11 is 6.03. The van der Waals surface area contributed by atoms with E-state index in [-0.39, 0.29) is 18.0 Å². The Morgan fingerprint density at radius 3 is 2.32 bits per heavy atom. The maximum atomic E-state index is 13.5. The Bertz CT molecular complexity index is 611. The number of benzene rings is 2. The predicted molar refractivity (Wildman–Crippen MR) is 75.4 cm³/mol. The molecule has 0 atom stereocenters. The highest BCUT2D eigenvalue weighted by Crippen LogP contribution is 2.20. The molecule has 0 aliphatic carbocycles. The van der Waals surface area contributed by atoms with Crippen molar-refractivity contribution in [3.63, 3.8) is 0 Å². The summed E-state index contributed by atoms with van der Waals surface area (Å²) in [6.07, 6.45) is 0.226. The van der Waals surface area contributed by atoms with E-state index in [4.69, 9.17) is 11.6 Å². The van der Waals surface area contributed by atoms with E-state index < -0.39 is 0 Å². The van der Waals surface area contributed by atoms with Gasteiger partial charge in [0.1, 0.15) is 5.82 Å². The minimum Gasteiger partial charge on any atom is -0.294 e. The zero-order valence-corrected chi connectivity index (χ0v) is 11.6. The van der Waals surface area contributed by atoms with E-state index in [1.807, 2.05) is 18.2 Å². The molecular formula is C16H14ClFO. The summed E-state index contributed by atoms with van der Waals surface area (Å²) in [4.78, 5) is 12.2. The van der Waals surface area contributed by atoms with Crippen molar-refractivity contribution < 1.29 is 9.18 Å². The van der Waals surface area contributed by atoms with Crippen LogP contribution in [0.2, 0.25) is 5.02 Å². The van der Waals surface area contributed by atoms with Crippen LogP contribution in [0.15, 0.2) is 36.4 Å². The van der Waals surface area contributed by atoms with Gasteiger partial charge in [0.25, 0.3) is 0 Å². The molecule has 0 aromatic heterocycles. The number of hydrogen-bond acceptors (Lipinski definition) is 1.